The number of sulfonamides is 1. The highest BCUT2D eigenvalue weighted by Gasteiger charge is 2.29. The maximum atomic E-state index is 13.1. The van der Waals surface area contributed by atoms with Crippen molar-refractivity contribution < 1.29 is 8.42 Å². The summed E-state index contributed by atoms with van der Waals surface area (Å²) >= 11 is 2.34. The van der Waals surface area contributed by atoms with Crippen molar-refractivity contribution in [3.8, 4) is 0 Å². The van der Waals surface area contributed by atoms with Crippen LogP contribution in [0.15, 0.2) is 76.7 Å². The summed E-state index contributed by atoms with van der Waals surface area (Å²) in [5, 5.41) is 0. The third-order valence-electron chi connectivity index (χ3n) is 4.60. The fraction of sp³-hybridized carbons (Fsp3) is 0.238. The number of rotatable bonds is 4. The number of aryl methyl sites for hydroxylation is 1. The zero-order valence-corrected chi connectivity index (χ0v) is 17.9. The second-order valence-corrected chi connectivity index (χ2v) is 9.37. The van der Waals surface area contributed by atoms with Crippen LogP contribution >= 0.6 is 22.6 Å². The van der Waals surface area contributed by atoms with E-state index in [4.69, 9.17) is 0 Å². The zero-order chi connectivity index (χ0) is 18.7. The Hall–Kier alpha value is -1.44. The van der Waals surface area contributed by atoms with E-state index in [1.54, 1.807) is 16.4 Å². The van der Waals surface area contributed by atoms with Crippen molar-refractivity contribution >= 4 is 36.2 Å². The molecule has 3 nitrogen and oxygen atoms in total. The molecule has 0 saturated heterocycles. The predicted molar refractivity (Wildman–Crippen MR) is 116 cm³/mol. The Morgan fingerprint density at radius 2 is 1.73 bits per heavy atom. The van der Waals surface area contributed by atoms with E-state index in [2.05, 4.69) is 41.6 Å². The fourth-order valence-corrected chi connectivity index (χ4v) is 5.27. The first-order chi connectivity index (χ1) is 12.4. The van der Waals surface area contributed by atoms with Gasteiger partial charge in [-0.15, -0.1) is 0 Å². The van der Waals surface area contributed by atoms with Crippen molar-refractivity contribution in [2.24, 2.45) is 0 Å². The SMILES string of the molecule is CCC1=CCN(S(=O)(=O)c2ccc(C)cc2)C/C1=C(\I)c1ccccc1. The van der Waals surface area contributed by atoms with Crippen LogP contribution in [0.25, 0.3) is 3.58 Å². The van der Waals surface area contributed by atoms with Crippen LogP contribution in [0.3, 0.4) is 0 Å². The molecule has 3 rings (SSSR count). The van der Waals surface area contributed by atoms with E-state index in [0.717, 1.165) is 26.7 Å². The van der Waals surface area contributed by atoms with Gasteiger partial charge in [-0.1, -0.05) is 61.0 Å². The zero-order valence-electron chi connectivity index (χ0n) is 14.9. The molecule has 2 aromatic rings. The molecule has 0 aromatic heterocycles. The second-order valence-electron chi connectivity index (χ2n) is 6.35. The monoisotopic (exact) mass is 479 g/mol. The Labute approximate surface area is 169 Å². The third-order valence-corrected chi connectivity index (χ3v) is 7.70. The number of benzene rings is 2. The summed E-state index contributed by atoms with van der Waals surface area (Å²) in [6.45, 7) is 4.89. The summed E-state index contributed by atoms with van der Waals surface area (Å²) in [6.07, 6.45) is 2.94. The van der Waals surface area contributed by atoms with Crippen molar-refractivity contribution in [3.63, 3.8) is 0 Å². The number of hydrogen-bond donors (Lipinski definition) is 0. The summed E-state index contributed by atoms with van der Waals surface area (Å²) < 4.78 is 28.8. The van der Waals surface area contributed by atoms with Crippen LogP contribution in [0, 0.1) is 6.92 Å². The topological polar surface area (TPSA) is 37.4 Å². The molecule has 26 heavy (non-hydrogen) atoms. The average Bonchev–Trinajstić information content (AvgIpc) is 2.68. The quantitative estimate of drug-likeness (QED) is 0.567. The third kappa shape index (κ3) is 3.94. The number of hydrogen-bond acceptors (Lipinski definition) is 2. The Balaban J connectivity index is 2.00. The van der Waals surface area contributed by atoms with Gasteiger partial charge in [-0.25, -0.2) is 8.42 Å². The van der Waals surface area contributed by atoms with Crippen LogP contribution in [0.5, 0.6) is 0 Å². The van der Waals surface area contributed by atoms with Gasteiger partial charge in [0.05, 0.1) is 4.90 Å². The molecule has 0 fully saturated rings. The maximum Gasteiger partial charge on any atom is 0.243 e. The Bertz CT molecular complexity index is 945. The average molecular weight is 479 g/mol. The lowest BCUT2D eigenvalue weighted by atomic mass is 9.98. The molecule has 0 aliphatic carbocycles. The standard InChI is InChI=1S/C21H22INO2S/c1-3-17-13-14-23(26(24,25)19-11-9-16(2)10-12-19)15-20(17)21(22)18-7-5-4-6-8-18/h4-13H,3,14-15H2,1-2H3/b21-20+. The van der Waals surface area contributed by atoms with E-state index < -0.39 is 10.0 Å². The molecule has 0 spiro atoms. The van der Waals surface area contributed by atoms with Gasteiger partial charge in [-0.2, -0.15) is 4.31 Å². The maximum absolute atomic E-state index is 13.1. The first-order valence-corrected chi connectivity index (χ1v) is 11.2. The predicted octanol–water partition coefficient (Wildman–Crippen LogP) is 5.18. The van der Waals surface area contributed by atoms with E-state index in [1.165, 1.54) is 5.57 Å². The molecule has 0 radical (unpaired) electrons. The molecular weight excluding hydrogens is 457 g/mol. The van der Waals surface area contributed by atoms with Crippen molar-refractivity contribution in [2.45, 2.75) is 25.2 Å². The number of halogens is 1. The van der Waals surface area contributed by atoms with E-state index in [0.29, 0.717) is 18.0 Å². The van der Waals surface area contributed by atoms with Crippen LogP contribution < -0.4 is 0 Å². The molecule has 5 heteroatoms. The molecule has 1 heterocycles. The lowest BCUT2D eigenvalue weighted by Crippen LogP contribution is -2.36. The van der Waals surface area contributed by atoms with Gasteiger partial charge in [-0.05, 0) is 64.8 Å². The lowest BCUT2D eigenvalue weighted by Gasteiger charge is -2.29. The van der Waals surface area contributed by atoms with Gasteiger partial charge in [0.1, 0.15) is 0 Å². The van der Waals surface area contributed by atoms with E-state index >= 15 is 0 Å². The normalized spacial score (nSPS) is 17.7. The first-order valence-electron chi connectivity index (χ1n) is 8.63. The van der Waals surface area contributed by atoms with Crippen molar-refractivity contribution in [3.05, 3.63) is 82.9 Å². The van der Waals surface area contributed by atoms with Gasteiger partial charge >= 0.3 is 0 Å². The van der Waals surface area contributed by atoms with Crippen LogP contribution in [0.4, 0.5) is 0 Å². The van der Waals surface area contributed by atoms with Crippen LogP contribution in [-0.2, 0) is 10.0 Å². The van der Waals surface area contributed by atoms with Crippen LogP contribution in [0.2, 0.25) is 0 Å². The van der Waals surface area contributed by atoms with Gasteiger partial charge in [0.15, 0.2) is 0 Å². The van der Waals surface area contributed by atoms with E-state index in [9.17, 15) is 8.42 Å². The fourth-order valence-electron chi connectivity index (χ4n) is 3.05. The van der Waals surface area contributed by atoms with Gasteiger partial charge < -0.3 is 0 Å². The molecule has 1 aliphatic heterocycles. The van der Waals surface area contributed by atoms with Gasteiger partial charge in [0, 0.05) is 16.7 Å². The highest BCUT2D eigenvalue weighted by atomic mass is 127. The molecule has 0 unspecified atom stereocenters. The molecular formula is C21H22INO2S. The summed E-state index contributed by atoms with van der Waals surface area (Å²) in [5.41, 5.74) is 4.50. The molecule has 2 aromatic carbocycles. The Morgan fingerprint density at radius 1 is 1.08 bits per heavy atom. The summed E-state index contributed by atoms with van der Waals surface area (Å²) in [5.74, 6) is 0. The minimum Gasteiger partial charge on any atom is -0.207 e. The highest BCUT2D eigenvalue weighted by molar-refractivity contribution is 14.1. The van der Waals surface area contributed by atoms with Gasteiger partial charge in [-0.3, -0.25) is 0 Å². The summed E-state index contributed by atoms with van der Waals surface area (Å²) in [4.78, 5) is 0.352. The minimum atomic E-state index is -3.51. The molecule has 0 atom stereocenters. The van der Waals surface area contributed by atoms with Crippen LogP contribution in [0.1, 0.15) is 24.5 Å². The largest absolute Gasteiger partial charge is 0.243 e. The molecule has 136 valence electrons. The Morgan fingerprint density at radius 3 is 2.35 bits per heavy atom. The highest BCUT2D eigenvalue weighted by Crippen LogP contribution is 2.34. The first kappa shape index (κ1) is 19.3. The van der Waals surface area contributed by atoms with Crippen molar-refractivity contribution in [1.82, 2.24) is 4.31 Å². The smallest absolute Gasteiger partial charge is 0.207 e. The van der Waals surface area contributed by atoms with Crippen molar-refractivity contribution in [1.29, 1.82) is 0 Å². The van der Waals surface area contributed by atoms with Gasteiger partial charge in [0.2, 0.25) is 10.0 Å². The molecule has 0 amide bonds. The van der Waals surface area contributed by atoms with Crippen molar-refractivity contribution in [2.75, 3.05) is 13.1 Å². The molecule has 0 bridgehead atoms. The van der Waals surface area contributed by atoms with Crippen LogP contribution in [-0.4, -0.2) is 25.8 Å². The molecule has 1 aliphatic rings. The lowest BCUT2D eigenvalue weighted by molar-refractivity contribution is 0.459. The van der Waals surface area contributed by atoms with Gasteiger partial charge in [0.25, 0.3) is 0 Å². The van der Waals surface area contributed by atoms with E-state index in [1.807, 2.05) is 43.3 Å². The number of nitrogens with zero attached hydrogens (tertiary/aromatic N) is 1. The van der Waals surface area contributed by atoms with E-state index in [-0.39, 0.29) is 0 Å². The molecule has 0 N–H and O–H groups in total. The Kier molecular flexibility index (Phi) is 5.99. The summed E-state index contributed by atoms with van der Waals surface area (Å²) in [7, 11) is -3.51. The molecule has 0 saturated carbocycles. The summed E-state index contributed by atoms with van der Waals surface area (Å²) in [6, 6.07) is 17.2. The second kappa shape index (κ2) is 8.06. The minimum absolute atomic E-state index is 0.352.